The number of carbonyl (C=O) groups is 3. The standard InChI is InChI=1S/C25H29O5P/c1-9-16(4)23(26)30-31(29,24(27)21-17(5)10-14(2)11-18(21)6)25(28)22-19(7)12-15(3)13-20(22)8/h9-13H,1-8H3. The van der Waals surface area contributed by atoms with Gasteiger partial charge in [0.25, 0.3) is 11.0 Å². The summed E-state index contributed by atoms with van der Waals surface area (Å²) in [5.74, 6) is -0.947. The van der Waals surface area contributed by atoms with Gasteiger partial charge in [-0.25, -0.2) is 4.79 Å². The molecule has 0 bridgehead atoms. The molecular weight excluding hydrogens is 411 g/mol. The van der Waals surface area contributed by atoms with Crippen LogP contribution in [0.3, 0.4) is 0 Å². The van der Waals surface area contributed by atoms with Gasteiger partial charge in [0.05, 0.1) is 0 Å². The van der Waals surface area contributed by atoms with Crippen LogP contribution < -0.4 is 0 Å². The molecule has 0 aromatic heterocycles. The summed E-state index contributed by atoms with van der Waals surface area (Å²) < 4.78 is 19.3. The molecule has 0 heterocycles. The predicted molar refractivity (Wildman–Crippen MR) is 123 cm³/mol. The van der Waals surface area contributed by atoms with Crippen LogP contribution in [0, 0.1) is 41.5 Å². The Hall–Kier alpha value is -2.78. The molecule has 0 aliphatic carbocycles. The van der Waals surface area contributed by atoms with Crippen molar-refractivity contribution in [2.24, 2.45) is 0 Å². The molecule has 0 unspecified atom stereocenters. The minimum atomic E-state index is -4.77. The number of rotatable bonds is 6. The molecule has 0 saturated carbocycles. The van der Waals surface area contributed by atoms with Crippen LogP contribution in [0.2, 0.25) is 0 Å². The minimum absolute atomic E-state index is 0.149. The largest absolute Gasteiger partial charge is 0.397 e. The third kappa shape index (κ3) is 4.77. The zero-order chi connectivity index (χ0) is 23.7. The maximum atomic E-state index is 14.1. The predicted octanol–water partition coefficient (Wildman–Crippen LogP) is 6.31. The zero-order valence-electron chi connectivity index (χ0n) is 19.4. The number of hydrogen-bond donors (Lipinski definition) is 0. The van der Waals surface area contributed by atoms with Crippen LogP contribution in [0.5, 0.6) is 0 Å². The number of hydrogen-bond acceptors (Lipinski definition) is 5. The van der Waals surface area contributed by atoms with E-state index in [1.165, 1.54) is 13.0 Å². The molecule has 31 heavy (non-hydrogen) atoms. The Morgan fingerprint density at radius 1 is 0.742 bits per heavy atom. The molecule has 0 saturated heterocycles. The molecule has 6 heteroatoms. The fraction of sp³-hybridized carbons (Fsp3) is 0.320. The van der Waals surface area contributed by atoms with E-state index in [1.807, 2.05) is 13.8 Å². The molecule has 0 aliphatic rings. The van der Waals surface area contributed by atoms with Gasteiger partial charge in [-0.2, -0.15) is 0 Å². The van der Waals surface area contributed by atoms with E-state index in [2.05, 4.69) is 0 Å². The van der Waals surface area contributed by atoms with E-state index < -0.39 is 24.4 Å². The Balaban J connectivity index is 2.77. The van der Waals surface area contributed by atoms with Gasteiger partial charge in [-0.1, -0.05) is 41.5 Å². The second-order valence-corrected chi connectivity index (χ2v) is 10.2. The molecule has 2 aromatic rings. The van der Waals surface area contributed by atoms with Crippen LogP contribution >= 0.6 is 7.37 Å². The van der Waals surface area contributed by atoms with Gasteiger partial charge >= 0.3 is 13.3 Å². The number of benzene rings is 2. The molecule has 164 valence electrons. The number of allylic oxidation sites excluding steroid dienone is 1. The molecule has 0 spiro atoms. The van der Waals surface area contributed by atoms with Gasteiger partial charge in [-0.05, 0) is 77.6 Å². The molecule has 0 N–H and O–H groups in total. The van der Waals surface area contributed by atoms with E-state index >= 15 is 0 Å². The van der Waals surface area contributed by atoms with Gasteiger partial charge in [0.15, 0.2) is 0 Å². The second-order valence-electron chi connectivity index (χ2n) is 8.06. The van der Waals surface area contributed by atoms with Crippen molar-refractivity contribution in [1.82, 2.24) is 0 Å². The quantitative estimate of drug-likeness (QED) is 0.389. The third-order valence-electron chi connectivity index (χ3n) is 5.28. The Labute approximate surface area is 184 Å². The van der Waals surface area contributed by atoms with Crippen LogP contribution in [-0.2, 0) is 13.9 Å². The normalized spacial score (nSPS) is 11.9. The topological polar surface area (TPSA) is 77.5 Å². The highest BCUT2D eigenvalue weighted by Crippen LogP contribution is 2.55. The molecule has 2 aromatic carbocycles. The van der Waals surface area contributed by atoms with E-state index in [9.17, 15) is 18.9 Å². The van der Waals surface area contributed by atoms with Crippen molar-refractivity contribution in [1.29, 1.82) is 0 Å². The highest BCUT2D eigenvalue weighted by Gasteiger charge is 2.47. The lowest BCUT2D eigenvalue weighted by atomic mass is 10.0. The summed E-state index contributed by atoms with van der Waals surface area (Å²) in [4.78, 5) is 39.7. The van der Waals surface area contributed by atoms with Gasteiger partial charge < -0.3 is 4.52 Å². The SMILES string of the molecule is CC=C(C)C(=O)OP(=O)(C(=O)c1c(C)cc(C)cc1C)C(=O)c1c(C)cc(C)cc1C. The van der Waals surface area contributed by atoms with Crippen molar-refractivity contribution in [3.63, 3.8) is 0 Å². The van der Waals surface area contributed by atoms with Gasteiger partial charge in [0.1, 0.15) is 0 Å². The maximum absolute atomic E-state index is 14.1. The van der Waals surface area contributed by atoms with Crippen molar-refractivity contribution >= 4 is 24.4 Å². The van der Waals surface area contributed by atoms with Crippen LogP contribution in [0.15, 0.2) is 35.9 Å². The first-order valence-electron chi connectivity index (χ1n) is 10.1. The minimum Gasteiger partial charge on any atom is -0.397 e. The first-order valence-corrected chi connectivity index (χ1v) is 11.7. The van der Waals surface area contributed by atoms with Crippen molar-refractivity contribution in [2.75, 3.05) is 0 Å². The highest BCUT2D eigenvalue weighted by atomic mass is 31.2. The molecular formula is C25H29O5P. The van der Waals surface area contributed by atoms with Crippen molar-refractivity contribution in [3.8, 4) is 0 Å². The average molecular weight is 440 g/mol. The summed E-state index contributed by atoms with van der Waals surface area (Å²) in [5.41, 5.74) is 2.71. The number of carbonyl (C=O) groups excluding carboxylic acids is 3. The fourth-order valence-electron chi connectivity index (χ4n) is 3.81. The molecule has 0 atom stereocenters. The van der Waals surface area contributed by atoms with Crippen molar-refractivity contribution in [2.45, 2.75) is 55.4 Å². The third-order valence-corrected chi connectivity index (χ3v) is 7.22. The Kier molecular flexibility index (Phi) is 7.23. The average Bonchev–Trinajstić information content (AvgIpc) is 2.65. The Morgan fingerprint density at radius 2 is 1.06 bits per heavy atom. The summed E-state index contributed by atoms with van der Waals surface area (Å²) >= 11 is 0. The highest BCUT2D eigenvalue weighted by molar-refractivity contribution is 7.92. The first-order chi connectivity index (χ1) is 14.3. The van der Waals surface area contributed by atoms with Crippen LogP contribution in [0.25, 0.3) is 0 Å². The summed E-state index contributed by atoms with van der Waals surface area (Å²) in [6, 6.07) is 7.10. The van der Waals surface area contributed by atoms with Crippen LogP contribution in [-0.4, -0.2) is 17.0 Å². The monoisotopic (exact) mass is 440 g/mol. The molecule has 0 fully saturated rings. The summed E-state index contributed by atoms with van der Waals surface area (Å²) in [5, 5.41) is 0. The lowest BCUT2D eigenvalue weighted by molar-refractivity contribution is -0.129. The van der Waals surface area contributed by atoms with E-state index in [0.29, 0.717) is 22.3 Å². The van der Waals surface area contributed by atoms with Crippen LogP contribution in [0.4, 0.5) is 0 Å². The lowest BCUT2D eigenvalue weighted by Gasteiger charge is -2.20. The van der Waals surface area contributed by atoms with E-state index in [4.69, 9.17) is 4.52 Å². The van der Waals surface area contributed by atoms with Crippen molar-refractivity contribution in [3.05, 3.63) is 80.4 Å². The van der Waals surface area contributed by atoms with Gasteiger partial charge in [0.2, 0.25) is 0 Å². The van der Waals surface area contributed by atoms with Gasteiger partial charge in [-0.3, -0.25) is 14.2 Å². The lowest BCUT2D eigenvalue weighted by Crippen LogP contribution is -2.20. The molecule has 0 radical (unpaired) electrons. The first kappa shape index (κ1) is 24.5. The summed E-state index contributed by atoms with van der Waals surface area (Å²) in [6.45, 7) is 13.7. The smallest absolute Gasteiger partial charge is 0.388 e. The molecule has 0 amide bonds. The van der Waals surface area contributed by atoms with Crippen molar-refractivity contribution < 1.29 is 23.5 Å². The van der Waals surface area contributed by atoms with E-state index in [1.54, 1.807) is 58.9 Å². The molecule has 0 aliphatic heterocycles. The maximum Gasteiger partial charge on any atom is 0.388 e. The molecule has 2 rings (SSSR count). The summed E-state index contributed by atoms with van der Waals surface area (Å²) in [6.07, 6.45) is 1.48. The van der Waals surface area contributed by atoms with Gasteiger partial charge in [-0.15, -0.1) is 0 Å². The Bertz CT molecular complexity index is 1050. The van der Waals surface area contributed by atoms with E-state index in [0.717, 1.165) is 11.1 Å². The second kappa shape index (κ2) is 9.15. The van der Waals surface area contributed by atoms with Gasteiger partial charge in [0, 0.05) is 16.7 Å². The Morgan fingerprint density at radius 3 is 1.35 bits per heavy atom. The van der Waals surface area contributed by atoms with E-state index in [-0.39, 0.29) is 16.7 Å². The fourth-order valence-corrected chi connectivity index (χ4v) is 5.83. The molecule has 5 nitrogen and oxygen atoms in total. The number of aryl methyl sites for hydroxylation is 6. The van der Waals surface area contributed by atoms with Crippen LogP contribution in [0.1, 0.15) is 67.9 Å². The summed E-state index contributed by atoms with van der Waals surface area (Å²) in [7, 11) is -4.77. The zero-order valence-corrected chi connectivity index (χ0v) is 20.3.